The Morgan fingerprint density at radius 2 is 1.92 bits per heavy atom. The molecule has 1 aliphatic rings. The Bertz CT molecular complexity index is 1170. The molecule has 0 radical (unpaired) electrons. The summed E-state index contributed by atoms with van der Waals surface area (Å²) in [5.74, 6) is -2.55. The molecule has 0 fully saturated rings. The molecule has 0 bridgehead atoms. The lowest BCUT2D eigenvalue weighted by atomic mass is 9.99. The Labute approximate surface area is 146 Å². The number of benzene rings is 1. The fourth-order valence-corrected chi connectivity index (χ4v) is 2.73. The first-order valence-corrected chi connectivity index (χ1v) is 7.59. The van der Waals surface area contributed by atoms with Gasteiger partial charge >= 0.3 is 0 Å². The molecule has 7 heteroatoms. The predicted octanol–water partition coefficient (Wildman–Crippen LogP) is 1.43. The fourth-order valence-electron chi connectivity index (χ4n) is 2.73. The zero-order valence-electron chi connectivity index (χ0n) is 13.6. The summed E-state index contributed by atoms with van der Waals surface area (Å²) in [6.45, 7) is 1.64. The second kappa shape index (κ2) is 6.44. The maximum atomic E-state index is 14.0. The van der Waals surface area contributed by atoms with Gasteiger partial charge in [-0.2, -0.15) is 4.73 Å². The van der Waals surface area contributed by atoms with Crippen molar-refractivity contribution in [3.8, 4) is 0 Å². The Hall–Kier alpha value is -3.48. The van der Waals surface area contributed by atoms with E-state index in [9.17, 15) is 23.9 Å². The third-order valence-corrected chi connectivity index (χ3v) is 4.01. The van der Waals surface area contributed by atoms with Gasteiger partial charge in [0.15, 0.2) is 5.78 Å². The summed E-state index contributed by atoms with van der Waals surface area (Å²) in [5, 5.41) is 28.5. The number of ketones is 1. The third kappa shape index (κ3) is 2.95. The number of aliphatic hydroxyl groups is 1. The number of carbonyl (C=O) groups is 1. The van der Waals surface area contributed by atoms with Crippen molar-refractivity contribution in [2.45, 2.75) is 6.92 Å². The zero-order chi connectivity index (χ0) is 19.0. The lowest BCUT2D eigenvalue weighted by molar-refractivity contribution is -0.110. The number of carbonyl (C=O) groups excluding carboxylic acids is 1. The summed E-state index contributed by atoms with van der Waals surface area (Å²) in [6, 6.07) is 3.92. The number of hydrogen-bond donors (Lipinski definition) is 3. The molecule has 0 spiro atoms. The average molecular weight is 356 g/mol. The van der Waals surface area contributed by atoms with Gasteiger partial charge in [0.05, 0.1) is 10.9 Å². The van der Waals surface area contributed by atoms with Gasteiger partial charge in [0.25, 0.3) is 0 Å². The Kier molecular flexibility index (Phi) is 4.29. The van der Waals surface area contributed by atoms with Crippen LogP contribution in [-0.4, -0.2) is 20.8 Å². The number of nitrogens with one attached hydrogen (secondary N) is 1. The molecule has 132 valence electrons. The highest BCUT2D eigenvalue weighted by atomic mass is 19.1. The van der Waals surface area contributed by atoms with Gasteiger partial charge in [-0.1, -0.05) is 0 Å². The van der Waals surface area contributed by atoms with E-state index in [0.29, 0.717) is 21.9 Å². The molecule has 0 unspecified atom stereocenters. The van der Waals surface area contributed by atoms with E-state index in [1.807, 2.05) is 0 Å². The van der Waals surface area contributed by atoms with Crippen molar-refractivity contribution in [2.24, 2.45) is 0 Å². The van der Waals surface area contributed by atoms with Gasteiger partial charge in [-0.25, -0.2) is 8.78 Å². The highest BCUT2D eigenvalue weighted by Crippen LogP contribution is 2.16. The number of halogens is 2. The summed E-state index contributed by atoms with van der Waals surface area (Å²) in [7, 11) is 0. The van der Waals surface area contributed by atoms with E-state index >= 15 is 0 Å². The van der Waals surface area contributed by atoms with Crippen LogP contribution < -0.4 is 15.9 Å². The Morgan fingerprint density at radius 3 is 2.58 bits per heavy atom. The van der Waals surface area contributed by atoms with Crippen LogP contribution in [0.2, 0.25) is 0 Å². The molecule has 3 N–H and O–H groups in total. The van der Waals surface area contributed by atoms with Gasteiger partial charge in [-0.05, 0) is 48.9 Å². The van der Waals surface area contributed by atoms with E-state index in [1.54, 1.807) is 6.92 Å². The van der Waals surface area contributed by atoms with E-state index in [2.05, 4.69) is 0 Å². The normalized spacial score (nSPS) is 17.2. The smallest absolute Gasteiger partial charge is 0.178 e. The molecule has 0 saturated heterocycles. The monoisotopic (exact) mass is 356 g/mol. The van der Waals surface area contributed by atoms with Crippen LogP contribution >= 0.6 is 0 Å². The third-order valence-electron chi connectivity index (χ3n) is 4.01. The Balaban J connectivity index is 2.41. The minimum atomic E-state index is -0.976. The lowest BCUT2D eigenvalue weighted by Crippen LogP contribution is -2.46. The van der Waals surface area contributed by atoms with Gasteiger partial charge < -0.3 is 10.3 Å². The first-order chi connectivity index (χ1) is 12.3. The number of rotatable bonds is 1. The minimum Gasteiger partial charge on any atom is -0.507 e. The van der Waals surface area contributed by atoms with E-state index in [1.165, 1.54) is 30.5 Å². The van der Waals surface area contributed by atoms with Crippen LogP contribution in [0, 0.1) is 17.0 Å². The van der Waals surface area contributed by atoms with Gasteiger partial charge in [0.1, 0.15) is 22.7 Å². The number of aromatic nitrogens is 1. The molecule has 0 saturated carbocycles. The molecule has 2 aromatic rings. The van der Waals surface area contributed by atoms with Crippen LogP contribution in [0.1, 0.15) is 12.5 Å². The molecule has 1 aromatic carbocycles. The van der Waals surface area contributed by atoms with Crippen molar-refractivity contribution in [2.75, 3.05) is 0 Å². The molecule has 1 heterocycles. The molecule has 1 aromatic heterocycles. The summed E-state index contributed by atoms with van der Waals surface area (Å²) >= 11 is 0. The highest BCUT2D eigenvalue weighted by Gasteiger charge is 2.13. The minimum absolute atomic E-state index is 0.0223. The SMILES string of the molecule is CC1=CC(=O)C=C/C1=c1\c(=N)/c(=C(\O)c2ccc(F)cc2F)ccn1O. The van der Waals surface area contributed by atoms with Crippen molar-refractivity contribution < 1.29 is 23.9 Å². The first kappa shape index (κ1) is 17.3. The number of hydrogen-bond acceptors (Lipinski definition) is 4. The van der Waals surface area contributed by atoms with E-state index in [0.717, 1.165) is 12.1 Å². The van der Waals surface area contributed by atoms with E-state index < -0.39 is 17.4 Å². The van der Waals surface area contributed by atoms with Crippen LogP contribution in [0.4, 0.5) is 8.78 Å². The summed E-state index contributed by atoms with van der Waals surface area (Å²) in [6.07, 6.45) is 5.28. The molecular formula is C19H14F2N2O3. The molecule has 3 rings (SSSR count). The molecule has 0 atom stereocenters. The molecular weight excluding hydrogens is 342 g/mol. The summed E-state index contributed by atoms with van der Waals surface area (Å²) < 4.78 is 27.7. The van der Waals surface area contributed by atoms with Gasteiger partial charge in [0, 0.05) is 23.1 Å². The topological polar surface area (TPSA) is 86.3 Å². The fraction of sp³-hybridized carbons (Fsp3) is 0.0526. The maximum absolute atomic E-state index is 14.0. The molecule has 5 nitrogen and oxygen atoms in total. The second-order valence-corrected chi connectivity index (χ2v) is 5.75. The predicted molar refractivity (Wildman–Crippen MR) is 89.5 cm³/mol. The van der Waals surface area contributed by atoms with Crippen molar-refractivity contribution in [1.29, 1.82) is 5.41 Å². The zero-order valence-corrected chi connectivity index (χ0v) is 13.6. The Morgan fingerprint density at radius 1 is 1.19 bits per heavy atom. The second-order valence-electron chi connectivity index (χ2n) is 5.75. The standard InChI is InChI=1S/C19H14F2N2O3/c1-10-8-12(24)3-5-13(10)18-17(22)15(6-7-23(18)26)19(25)14-4-2-11(20)9-16(14)21/h2-9,22,25-26H,1H3/b18-13-,19-15-,22-17?. The molecule has 26 heavy (non-hydrogen) atoms. The van der Waals surface area contributed by atoms with Gasteiger partial charge in [0.2, 0.25) is 0 Å². The average Bonchev–Trinajstić information content (AvgIpc) is 2.56. The number of aliphatic hydroxyl groups excluding tert-OH is 1. The van der Waals surface area contributed by atoms with Gasteiger partial charge in [-0.3, -0.25) is 10.2 Å². The molecule has 1 aliphatic carbocycles. The van der Waals surface area contributed by atoms with Gasteiger partial charge in [-0.15, -0.1) is 0 Å². The molecule has 0 aliphatic heterocycles. The number of allylic oxidation sites excluding steroid dienone is 4. The summed E-state index contributed by atoms with van der Waals surface area (Å²) in [4.78, 5) is 11.4. The highest BCUT2D eigenvalue weighted by molar-refractivity contribution is 6.05. The largest absolute Gasteiger partial charge is 0.507 e. The van der Waals surface area contributed by atoms with Crippen LogP contribution in [0.3, 0.4) is 0 Å². The quantitative estimate of drug-likeness (QED) is 0.676. The summed E-state index contributed by atoms with van der Waals surface area (Å²) in [5.41, 5.74) is 0.665. The van der Waals surface area contributed by atoms with Crippen molar-refractivity contribution in [3.05, 3.63) is 87.4 Å². The lowest BCUT2D eigenvalue weighted by Gasteiger charge is -2.10. The maximum Gasteiger partial charge on any atom is 0.178 e. The van der Waals surface area contributed by atoms with Crippen LogP contribution in [0.15, 0.2) is 54.3 Å². The van der Waals surface area contributed by atoms with Crippen molar-refractivity contribution in [1.82, 2.24) is 4.73 Å². The number of pyridine rings is 1. The van der Waals surface area contributed by atoms with E-state index in [-0.39, 0.29) is 27.3 Å². The number of nitrogens with zero attached hydrogens (tertiary/aromatic N) is 1. The van der Waals surface area contributed by atoms with Crippen molar-refractivity contribution in [3.63, 3.8) is 0 Å². The van der Waals surface area contributed by atoms with Crippen LogP contribution in [0.25, 0.3) is 11.3 Å². The van der Waals surface area contributed by atoms with E-state index in [4.69, 9.17) is 5.41 Å². The first-order valence-electron chi connectivity index (χ1n) is 7.59. The molecule has 0 amide bonds. The van der Waals surface area contributed by atoms with Crippen molar-refractivity contribution >= 4 is 17.1 Å². The van der Waals surface area contributed by atoms with Crippen LogP contribution in [-0.2, 0) is 4.79 Å². The van der Waals surface area contributed by atoms with Crippen LogP contribution in [0.5, 0.6) is 0 Å².